The molecule has 0 atom stereocenters. The molecule has 3 aromatic rings. The van der Waals surface area contributed by atoms with Crippen molar-refractivity contribution in [2.24, 2.45) is 0 Å². The molecule has 0 bridgehead atoms. The smallest absolute Gasteiger partial charge is 0.166 e. The van der Waals surface area contributed by atoms with Crippen LogP contribution in [0.3, 0.4) is 0 Å². The Labute approximate surface area is 123 Å². The summed E-state index contributed by atoms with van der Waals surface area (Å²) in [4.78, 5) is 4.30. The van der Waals surface area contributed by atoms with Crippen LogP contribution in [0.25, 0.3) is 17.1 Å². The van der Waals surface area contributed by atoms with Crippen molar-refractivity contribution in [1.82, 2.24) is 24.3 Å². The highest BCUT2D eigenvalue weighted by molar-refractivity contribution is 9.10. The van der Waals surface area contributed by atoms with Crippen LogP contribution in [0, 0.1) is 12.3 Å². The summed E-state index contributed by atoms with van der Waals surface area (Å²) in [5.41, 5.74) is 3.62. The second kappa shape index (κ2) is 4.05. The quantitative estimate of drug-likeness (QED) is 0.466. The zero-order valence-corrected chi connectivity index (χ0v) is 11.9. The molecule has 0 N–H and O–H groups in total. The van der Waals surface area contributed by atoms with E-state index in [1.165, 1.54) is 0 Å². The van der Waals surface area contributed by atoms with Gasteiger partial charge < -0.3 is 4.57 Å². The van der Waals surface area contributed by atoms with E-state index >= 15 is 0 Å². The Hall–Kier alpha value is -2.39. The van der Waals surface area contributed by atoms with E-state index in [1.807, 2.05) is 27.3 Å². The van der Waals surface area contributed by atoms with Crippen molar-refractivity contribution in [3.8, 4) is 29.4 Å². The number of halogens is 1. The van der Waals surface area contributed by atoms with Crippen LogP contribution in [-0.4, -0.2) is 24.3 Å². The SMILES string of the molecule is C#Cc1ncn2c1Cn1cnnc1-c1cc(Br)ccc1-2. The monoisotopic (exact) mass is 325 g/mol. The van der Waals surface area contributed by atoms with E-state index in [0.717, 1.165) is 27.2 Å². The van der Waals surface area contributed by atoms with E-state index in [4.69, 9.17) is 6.42 Å². The summed E-state index contributed by atoms with van der Waals surface area (Å²) >= 11 is 3.50. The number of nitrogens with zero attached hydrogens (tertiary/aromatic N) is 5. The number of aromatic nitrogens is 5. The molecule has 0 spiro atoms. The van der Waals surface area contributed by atoms with E-state index in [9.17, 15) is 0 Å². The van der Waals surface area contributed by atoms with Gasteiger partial charge in [0.25, 0.3) is 0 Å². The maximum Gasteiger partial charge on any atom is 0.166 e. The van der Waals surface area contributed by atoms with Crippen LogP contribution in [0.15, 0.2) is 35.3 Å². The molecule has 0 saturated heterocycles. The van der Waals surface area contributed by atoms with Crippen LogP contribution in [0.5, 0.6) is 0 Å². The molecule has 2 aromatic heterocycles. The molecule has 4 rings (SSSR count). The summed E-state index contributed by atoms with van der Waals surface area (Å²) in [5.74, 6) is 3.46. The minimum Gasteiger partial charge on any atom is -0.307 e. The van der Waals surface area contributed by atoms with Gasteiger partial charge in [-0.05, 0) is 24.1 Å². The van der Waals surface area contributed by atoms with E-state index in [1.54, 1.807) is 12.7 Å². The van der Waals surface area contributed by atoms with Crippen LogP contribution >= 0.6 is 15.9 Å². The van der Waals surface area contributed by atoms with Crippen LogP contribution in [0.2, 0.25) is 0 Å². The molecular weight excluding hydrogens is 318 g/mol. The van der Waals surface area contributed by atoms with Crippen molar-refractivity contribution in [3.63, 3.8) is 0 Å². The number of benzene rings is 1. The molecule has 0 aliphatic carbocycles. The van der Waals surface area contributed by atoms with E-state index in [2.05, 4.69) is 37.0 Å². The number of terminal acetylenes is 1. The van der Waals surface area contributed by atoms with Gasteiger partial charge in [-0.25, -0.2) is 4.98 Å². The van der Waals surface area contributed by atoms with Gasteiger partial charge in [-0.3, -0.25) is 4.57 Å². The lowest BCUT2D eigenvalue weighted by atomic mass is 10.1. The maximum atomic E-state index is 5.53. The fraction of sp³-hybridized carbons (Fsp3) is 0.0714. The van der Waals surface area contributed by atoms with Crippen LogP contribution < -0.4 is 0 Å². The van der Waals surface area contributed by atoms with Gasteiger partial charge in [0.2, 0.25) is 0 Å². The van der Waals surface area contributed by atoms with Gasteiger partial charge in [-0.1, -0.05) is 15.9 Å². The highest BCUT2D eigenvalue weighted by atomic mass is 79.9. The molecule has 0 amide bonds. The molecule has 3 heterocycles. The molecule has 0 unspecified atom stereocenters. The van der Waals surface area contributed by atoms with Gasteiger partial charge in [-0.2, -0.15) is 0 Å². The lowest BCUT2D eigenvalue weighted by molar-refractivity contribution is 0.770. The number of rotatable bonds is 0. The van der Waals surface area contributed by atoms with Gasteiger partial charge in [-0.15, -0.1) is 16.6 Å². The predicted molar refractivity (Wildman–Crippen MR) is 77.3 cm³/mol. The van der Waals surface area contributed by atoms with Crippen molar-refractivity contribution < 1.29 is 0 Å². The largest absolute Gasteiger partial charge is 0.307 e. The number of fused-ring (bicyclic) bond motifs is 5. The summed E-state index contributed by atoms with van der Waals surface area (Å²) in [6.07, 6.45) is 9.01. The fourth-order valence-electron chi connectivity index (χ4n) is 2.49. The van der Waals surface area contributed by atoms with Gasteiger partial charge in [0.1, 0.15) is 18.3 Å². The van der Waals surface area contributed by atoms with E-state index in [0.29, 0.717) is 12.2 Å². The molecule has 0 saturated carbocycles. The Balaban J connectivity index is 2.12. The minimum atomic E-state index is 0.605. The lowest BCUT2D eigenvalue weighted by Crippen LogP contribution is -2.03. The van der Waals surface area contributed by atoms with Gasteiger partial charge in [0.05, 0.1) is 17.9 Å². The van der Waals surface area contributed by atoms with E-state index in [-0.39, 0.29) is 0 Å². The summed E-state index contributed by atoms with van der Waals surface area (Å²) in [6, 6.07) is 6.04. The summed E-state index contributed by atoms with van der Waals surface area (Å²) < 4.78 is 4.99. The van der Waals surface area contributed by atoms with Crippen molar-refractivity contribution in [2.75, 3.05) is 0 Å². The Morgan fingerprint density at radius 1 is 1.30 bits per heavy atom. The molecular formula is C14H8BrN5. The van der Waals surface area contributed by atoms with Crippen LogP contribution in [0.4, 0.5) is 0 Å². The third-order valence-corrected chi connectivity index (χ3v) is 3.89. The molecule has 0 fully saturated rings. The lowest BCUT2D eigenvalue weighted by Gasteiger charge is -2.08. The van der Waals surface area contributed by atoms with Crippen molar-refractivity contribution in [3.05, 3.63) is 46.7 Å². The predicted octanol–water partition coefficient (Wildman–Crippen LogP) is 2.24. The first-order chi connectivity index (χ1) is 9.78. The maximum absolute atomic E-state index is 5.53. The van der Waals surface area contributed by atoms with Gasteiger partial charge in [0.15, 0.2) is 5.82 Å². The Bertz CT molecular complexity index is 868. The zero-order chi connectivity index (χ0) is 13.7. The molecule has 5 nitrogen and oxygen atoms in total. The molecule has 6 heteroatoms. The summed E-state index contributed by atoms with van der Waals surface area (Å²) in [5, 5.41) is 8.23. The molecule has 20 heavy (non-hydrogen) atoms. The van der Waals surface area contributed by atoms with Crippen molar-refractivity contribution in [1.29, 1.82) is 0 Å². The second-order valence-electron chi connectivity index (χ2n) is 4.50. The van der Waals surface area contributed by atoms with Crippen LogP contribution in [-0.2, 0) is 6.54 Å². The fourth-order valence-corrected chi connectivity index (χ4v) is 2.85. The molecule has 0 radical (unpaired) electrons. The van der Waals surface area contributed by atoms with Crippen LogP contribution in [0.1, 0.15) is 11.4 Å². The van der Waals surface area contributed by atoms with E-state index < -0.39 is 0 Å². The van der Waals surface area contributed by atoms with Gasteiger partial charge in [0, 0.05) is 10.0 Å². The number of imidazole rings is 1. The molecule has 1 aliphatic rings. The zero-order valence-electron chi connectivity index (χ0n) is 10.3. The highest BCUT2D eigenvalue weighted by Crippen LogP contribution is 2.33. The van der Waals surface area contributed by atoms with Gasteiger partial charge >= 0.3 is 0 Å². The first kappa shape index (κ1) is 11.4. The standard InChI is InChI=1S/C14H8BrN5/c1-2-11-13-6-19-8-17-18-14(19)10-5-9(15)3-4-12(10)20(13)7-16-11/h1,3-5,7-8H,6H2. The average molecular weight is 326 g/mol. The number of hydrogen-bond acceptors (Lipinski definition) is 3. The normalized spacial score (nSPS) is 12.0. The third-order valence-electron chi connectivity index (χ3n) is 3.40. The minimum absolute atomic E-state index is 0.605. The van der Waals surface area contributed by atoms with Crippen molar-refractivity contribution >= 4 is 15.9 Å². The third kappa shape index (κ3) is 1.47. The Morgan fingerprint density at radius 3 is 3.05 bits per heavy atom. The Kier molecular flexibility index (Phi) is 2.32. The summed E-state index contributed by atoms with van der Waals surface area (Å²) in [7, 11) is 0. The first-order valence-electron chi connectivity index (χ1n) is 5.99. The van der Waals surface area contributed by atoms with Crippen molar-refractivity contribution in [2.45, 2.75) is 6.54 Å². The highest BCUT2D eigenvalue weighted by Gasteiger charge is 2.22. The number of hydrogen-bond donors (Lipinski definition) is 0. The molecule has 1 aromatic carbocycles. The molecule has 1 aliphatic heterocycles. The first-order valence-corrected chi connectivity index (χ1v) is 6.78. The average Bonchev–Trinajstić information content (AvgIpc) is 3.04. The topological polar surface area (TPSA) is 48.5 Å². The Morgan fingerprint density at radius 2 is 2.20 bits per heavy atom. The summed E-state index contributed by atoms with van der Waals surface area (Å²) in [6.45, 7) is 0.605. The molecule has 96 valence electrons. The second-order valence-corrected chi connectivity index (χ2v) is 5.41.